The van der Waals surface area contributed by atoms with Crippen LogP contribution in [0.5, 0.6) is 0 Å². The Bertz CT molecular complexity index is 583. The number of hydrogen-bond acceptors (Lipinski definition) is 5. The summed E-state index contributed by atoms with van der Waals surface area (Å²) in [5.74, 6) is 0.888. The number of methoxy groups -OCH3 is 1. The lowest BCUT2D eigenvalue weighted by molar-refractivity contribution is -0.143. The van der Waals surface area contributed by atoms with Crippen LogP contribution in [0.25, 0.3) is 6.08 Å². The van der Waals surface area contributed by atoms with Gasteiger partial charge in [0.25, 0.3) is 0 Å². The van der Waals surface area contributed by atoms with Crippen LogP contribution in [0.2, 0.25) is 0 Å². The van der Waals surface area contributed by atoms with Gasteiger partial charge in [0.2, 0.25) is 5.91 Å². The van der Waals surface area contributed by atoms with Crippen LogP contribution in [-0.2, 0) is 14.3 Å². The number of nitrogens with one attached hydrogen (secondary N) is 1. The molecule has 1 aliphatic rings. The minimum atomic E-state index is -0.542. The summed E-state index contributed by atoms with van der Waals surface area (Å²) in [6.07, 6.45) is 4.70. The Morgan fingerprint density at radius 3 is 2.65 bits per heavy atom. The first-order valence-corrected chi connectivity index (χ1v) is 7.74. The molecule has 23 heavy (non-hydrogen) atoms. The van der Waals surface area contributed by atoms with E-state index < -0.39 is 5.54 Å². The Morgan fingerprint density at radius 2 is 2.09 bits per heavy atom. The van der Waals surface area contributed by atoms with Crippen LogP contribution in [0.1, 0.15) is 30.8 Å². The van der Waals surface area contributed by atoms with Crippen LogP contribution in [-0.4, -0.2) is 49.6 Å². The van der Waals surface area contributed by atoms with Gasteiger partial charge in [0.1, 0.15) is 11.5 Å². The van der Waals surface area contributed by atoms with Crippen LogP contribution >= 0.6 is 0 Å². The molecule has 126 valence electrons. The van der Waals surface area contributed by atoms with Crippen molar-refractivity contribution in [1.29, 1.82) is 0 Å². The zero-order chi connectivity index (χ0) is 16.9. The molecule has 1 saturated heterocycles. The van der Waals surface area contributed by atoms with E-state index in [1.54, 1.807) is 12.1 Å². The van der Waals surface area contributed by atoms with Crippen molar-refractivity contribution in [2.24, 2.45) is 0 Å². The number of carbonyl (C=O) groups is 2. The molecule has 1 aromatic rings. The third-order valence-electron chi connectivity index (χ3n) is 4.20. The molecule has 0 aliphatic carbocycles. The lowest BCUT2D eigenvalue weighted by atomic mass is 9.84. The molecule has 2 heterocycles. The smallest absolute Gasteiger partial charge is 0.307 e. The van der Waals surface area contributed by atoms with E-state index in [9.17, 15) is 9.59 Å². The fraction of sp³-hybridized carbons (Fsp3) is 0.529. The molecule has 0 spiro atoms. The van der Waals surface area contributed by atoms with E-state index in [0.29, 0.717) is 5.76 Å². The molecule has 0 saturated carbocycles. The molecule has 0 atom stereocenters. The zero-order valence-electron chi connectivity index (χ0n) is 13.9. The van der Waals surface area contributed by atoms with Crippen LogP contribution in [0.3, 0.4) is 0 Å². The van der Waals surface area contributed by atoms with Gasteiger partial charge in [-0.05, 0) is 45.0 Å². The monoisotopic (exact) mass is 320 g/mol. The second-order valence-electron chi connectivity index (χ2n) is 6.11. The maximum atomic E-state index is 12.2. The third-order valence-corrected chi connectivity index (χ3v) is 4.20. The summed E-state index contributed by atoms with van der Waals surface area (Å²) in [6.45, 7) is 3.51. The summed E-state index contributed by atoms with van der Waals surface area (Å²) in [4.78, 5) is 26.1. The van der Waals surface area contributed by atoms with Gasteiger partial charge in [0, 0.05) is 19.2 Å². The highest BCUT2D eigenvalue weighted by Crippen LogP contribution is 2.26. The summed E-state index contributed by atoms with van der Waals surface area (Å²) in [6, 6.07) is 3.65. The Hall–Kier alpha value is -2.08. The predicted octanol–water partition coefficient (Wildman–Crippen LogP) is 1.74. The molecule has 1 fully saturated rings. The number of rotatable bonds is 5. The second kappa shape index (κ2) is 7.46. The maximum absolute atomic E-state index is 12.2. The summed E-state index contributed by atoms with van der Waals surface area (Å²) < 4.78 is 10.2. The van der Waals surface area contributed by atoms with Crippen LogP contribution in [0, 0.1) is 6.92 Å². The maximum Gasteiger partial charge on any atom is 0.307 e. The van der Waals surface area contributed by atoms with Crippen molar-refractivity contribution in [3.63, 3.8) is 0 Å². The normalized spacial score (nSPS) is 18.0. The molecule has 0 radical (unpaired) electrons. The number of carbonyl (C=O) groups excluding carboxylic acids is 2. The van der Waals surface area contributed by atoms with Gasteiger partial charge in [0.15, 0.2) is 0 Å². The molecule has 1 N–H and O–H groups in total. The Kier molecular flexibility index (Phi) is 5.60. The number of likely N-dealkylation sites (tertiary alicyclic amines) is 1. The van der Waals surface area contributed by atoms with E-state index >= 15 is 0 Å². The van der Waals surface area contributed by atoms with Gasteiger partial charge in [-0.2, -0.15) is 0 Å². The molecule has 1 aliphatic heterocycles. The SMILES string of the molecule is COC(=O)CC1(NC(=O)C=Cc2ccc(C)o2)CCN(C)CC1. The largest absolute Gasteiger partial charge is 0.469 e. The first-order valence-electron chi connectivity index (χ1n) is 7.74. The van der Waals surface area contributed by atoms with Crippen molar-refractivity contribution < 1.29 is 18.7 Å². The summed E-state index contributed by atoms with van der Waals surface area (Å²) >= 11 is 0. The number of esters is 1. The fourth-order valence-corrected chi connectivity index (χ4v) is 2.74. The van der Waals surface area contributed by atoms with E-state index in [0.717, 1.165) is 31.7 Å². The molecule has 0 aromatic carbocycles. The van der Waals surface area contributed by atoms with Gasteiger partial charge in [-0.1, -0.05) is 0 Å². The zero-order valence-corrected chi connectivity index (χ0v) is 13.9. The molecular formula is C17H24N2O4. The highest BCUT2D eigenvalue weighted by Gasteiger charge is 2.37. The van der Waals surface area contributed by atoms with E-state index in [1.807, 2.05) is 20.0 Å². The van der Waals surface area contributed by atoms with Crippen molar-refractivity contribution in [2.75, 3.05) is 27.2 Å². The number of hydrogen-bond donors (Lipinski definition) is 1. The minimum Gasteiger partial charge on any atom is -0.469 e. The van der Waals surface area contributed by atoms with Gasteiger partial charge in [0.05, 0.1) is 19.1 Å². The van der Waals surface area contributed by atoms with Gasteiger partial charge in [-0.15, -0.1) is 0 Å². The van der Waals surface area contributed by atoms with Gasteiger partial charge < -0.3 is 19.4 Å². The summed E-state index contributed by atoms with van der Waals surface area (Å²) in [7, 11) is 3.40. The van der Waals surface area contributed by atoms with Crippen molar-refractivity contribution in [3.05, 3.63) is 29.7 Å². The van der Waals surface area contributed by atoms with Crippen LogP contribution in [0.15, 0.2) is 22.6 Å². The van der Waals surface area contributed by atoms with Crippen molar-refractivity contribution in [1.82, 2.24) is 10.2 Å². The quantitative estimate of drug-likeness (QED) is 0.661. The molecule has 0 bridgehead atoms. The number of ether oxygens (including phenoxy) is 1. The molecule has 6 nitrogen and oxygen atoms in total. The highest BCUT2D eigenvalue weighted by molar-refractivity contribution is 5.92. The van der Waals surface area contributed by atoms with Crippen molar-refractivity contribution in [3.8, 4) is 0 Å². The molecule has 2 rings (SSSR count). The van der Waals surface area contributed by atoms with E-state index in [-0.39, 0.29) is 18.3 Å². The third kappa shape index (κ3) is 4.96. The predicted molar refractivity (Wildman–Crippen MR) is 86.7 cm³/mol. The van der Waals surface area contributed by atoms with Gasteiger partial charge in [-0.25, -0.2) is 0 Å². The molecule has 1 aromatic heterocycles. The Labute approximate surface area is 136 Å². The topological polar surface area (TPSA) is 71.8 Å². The molecule has 6 heteroatoms. The van der Waals surface area contributed by atoms with Crippen LogP contribution < -0.4 is 5.32 Å². The van der Waals surface area contributed by atoms with Crippen LogP contribution in [0.4, 0.5) is 0 Å². The average Bonchev–Trinajstić information content (AvgIpc) is 2.94. The van der Waals surface area contributed by atoms with E-state index in [1.165, 1.54) is 13.2 Å². The first kappa shape index (κ1) is 17.3. The summed E-state index contributed by atoms with van der Waals surface area (Å²) in [5.41, 5.74) is -0.542. The van der Waals surface area contributed by atoms with Gasteiger partial charge >= 0.3 is 5.97 Å². The second-order valence-corrected chi connectivity index (χ2v) is 6.11. The molecular weight excluding hydrogens is 296 g/mol. The fourth-order valence-electron chi connectivity index (χ4n) is 2.74. The molecule has 1 amide bonds. The molecule has 0 unspecified atom stereocenters. The number of piperidine rings is 1. The van der Waals surface area contributed by atoms with Gasteiger partial charge in [-0.3, -0.25) is 9.59 Å². The van der Waals surface area contributed by atoms with Crippen molar-refractivity contribution >= 4 is 18.0 Å². The average molecular weight is 320 g/mol. The highest BCUT2D eigenvalue weighted by atomic mass is 16.5. The lowest BCUT2D eigenvalue weighted by Gasteiger charge is -2.40. The number of nitrogens with zero attached hydrogens (tertiary/aromatic N) is 1. The van der Waals surface area contributed by atoms with E-state index in [2.05, 4.69) is 10.2 Å². The number of amides is 1. The minimum absolute atomic E-state index is 0.191. The van der Waals surface area contributed by atoms with Crippen molar-refractivity contribution in [2.45, 2.75) is 31.7 Å². The Morgan fingerprint density at radius 1 is 1.39 bits per heavy atom. The Balaban J connectivity index is 2.03. The number of furan rings is 1. The standard InChI is InChI=1S/C17H24N2O4/c1-13-4-5-14(23-13)6-7-15(20)18-17(12-16(21)22-3)8-10-19(2)11-9-17/h4-7H,8-12H2,1-3H3,(H,18,20). The number of aryl methyl sites for hydroxylation is 1. The van der Waals surface area contributed by atoms with E-state index in [4.69, 9.17) is 9.15 Å². The summed E-state index contributed by atoms with van der Waals surface area (Å²) in [5, 5.41) is 3.00. The first-order chi connectivity index (χ1) is 10.9. The lowest BCUT2D eigenvalue weighted by Crippen LogP contribution is -2.55.